The third-order valence-corrected chi connectivity index (χ3v) is 5.50. The van der Waals surface area contributed by atoms with E-state index in [4.69, 9.17) is 11.5 Å². The van der Waals surface area contributed by atoms with Crippen LogP contribution in [0.3, 0.4) is 0 Å². The summed E-state index contributed by atoms with van der Waals surface area (Å²) in [7, 11) is 0. The maximum absolute atomic E-state index is 12.1. The number of primary amides is 2. The SMILES string of the molecule is CCCC[C@@H](S[C@](CC)(C(N)=O)c1ccccc1)C(N)=O. The first-order valence-electron chi connectivity index (χ1n) is 7.30. The summed E-state index contributed by atoms with van der Waals surface area (Å²) in [4.78, 5) is 23.8. The van der Waals surface area contributed by atoms with Crippen molar-refractivity contribution < 1.29 is 9.59 Å². The maximum atomic E-state index is 12.1. The van der Waals surface area contributed by atoms with Gasteiger partial charge in [0.15, 0.2) is 0 Å². The average Bonchev–Trinajstić information content (AvgIpc) is 2.48. The second-order valence-electron chi connectivity index (χ2n) is 5.06. The summed E-state index contributed by atoms with van der Waals surface area (Å²) in [5, 5.41) is -0.405. The van der Waals surface area contributed by atoms with Gasteiger partial charge < -0.3 is 11.5 Å². The molecule has 4 nitrogen and oxygen atoms in total. The molecule has 0 aliphatic carbocycles. The average molecular weight is 308 g/mol. The minimum Gasteiger partial charge on any atom is -0.369 e. The van der Waals surface area contributed by atoms with Crippen molar-refractivity contribution in [2.45, 2.75) is 49.5 Å². The van der Waals surface area contributed by atoms with Crippen LogP contribution < -0.4 is 11.5 Å². The van der Waals surface area contributed by atoms with Gasteiger partial charge in [-0.1, -0.05) is 57.0 Å². The molecule has 0 unspecified atom stereocenters. The first kappa shape index (κ1) is 17.6. The quantitative estimate of drug-likeness (QED) is 0.735. The summed E-state index contributed by atoms with van der Waals surface area (Å²) < 4.78 is -0.908. The van der Waals surface area contributed by atoms with Crippen LogP contribution in [0, 0.1) is 0 Å². The third-order valence-electron chi connectivity index (χ3n) is 3.62. The maximum Gasteiger partial charge on any atom is 0.238 e. The Labute approximate surface area is 130 Å². The van der Waals surface area contributed by atoms with Crippen LogP contribution in [0.5, 0.6) is 0 Å². The molecule has 0 spiro atoms. The van der Waals surface area contributed by atoms with Crippen molar-refractivity contribution in [3.8, 4) is 0 Å². The Balaban J connectivity index is 3.13. The van der Waals surface area contributed by atoms with Crippen LogP contribution in [0.1, 0.15) is 45.1 Å². The number of benzene rings is 1. The fourth-order valence-electron chi connectivity index (χ4n) is 2.33. The van der Waals surface area contributed by atoms with E-state index in [1.54, 1.807) is 0 Å². The van der Waals surface area contributed by atoms with E-state index in [0.29, 0.717) is 12.8 Å². The molecule has 2 atom stereocenters. The van der Waals surface area contributed by atoms with E-state index in [2.05, 4.69) is 6.92 Å². The van der Waals surface area contributed by atoms with Crippen LogP contribution in [-0.2, 0) is 14.3 Å². The summed E-state index contributed by atoms with van der Waals surface area (Å²) in [5.74, 6) is -0.813. The molecule has 4 N–H and O–H groups in total. The predicted octanol–water partition coefficient (Wildman–Crippen LogP) is 2.55. The minimum absolute atomic E-state index is 0.386. The summed E-state index contributed by atoms with van der Waals surface area (Å²) in [6, 6.07) is 9.37. The van der Waals surface area contributed by atoms with Crippen LogP contribution in [0.25, 0.3) is 0 Å². The first-order valence-corrected chi connectivity index (χ1v) is 8.18. The molecule has 0 heterocycles. The molecular weight excluding hydrogens is 284 g/mol. The van der Waals surface area contributed by atoms with E-state index in [1.165, 1.54) is 11.8 Å². The van der Waals surface area contributed by atoms with Gasteiger partial charge in [-0.25, -0.2) is 0 Å². The van der Waals surface area contributed by atoms with Crippen LogP contribution in [0.4, 0.5) is 0 Å². The van der Waals surface area contributed by atoms with E-state index < -0.39 is 15.9 Å². The fraction of sp³-hybridized carbons (Fsp3) is 0.500. The molecule has 116 valence electrons. The first-order chi connectivity index (χ1) is 9.97. The van der Waals surface area contributed by atoms with Crippen molar-refractivity contribution in [1.82, 2.24) is 0 Å². The highest BCUT2D eigenvalue weighted by Gasteiger charge is 2.40. The van der Waals surface area contributed by atoms with Crippen molar-refractivity contribution in [1.29, 1.82) is 0 Å². The van der Waals surface area contributed by atoms with Crippen LogP contribution in [0.15, 0.2) is 30.3 Å². The Morgan fingerprint density at radius 1 is 1.19 bits per heavy atom. The molecule has 1 rings (SSSR count). The molecule has 0 saturated heterocycles. The highest BCUT2D eigenvalue weighted by Crippen LogP contribution is 2.43. The largest absolute Gasteiger partial charge is 0.369 e. The number of unbranched alkanes of at least 4 members (excludes halogenated alkanes) is 1. The highest BCUT2D eigenvalue weighted by molar-refractivity contribution is 8.02. The molecule has 5 heteroatoms. The molecule has 21 heavy (non-hydrogen) atoms. The lowest BCUT2D eigenvalue weighted by molar-refractivity contribution is -0.120. The molecule has 0 radical (unpaired) electrons. The van der Waals surface area contributed by atoms with E-state index in [1.807, 2.05) is 37.3 Å². The Bertz CT molecular complexity index is 478. The van der Waals surface area contributed by atoms with Gasteiger partial charge in [0.1, 0.15) is 4.75 Å². The molecular formula is C16H24N2O2S. The van der Waals surface area contributed by atoms with Gasteiger partial charge in [0, 0.05) is 0 Å². The van der Waals surface area contributed by atoms with Gasteiger partial charge >= 0.3 is 0 Å². The second-order valence-corrected chi connectivity index (χ2v) is 6.56. The molecule has 0 fully saturated rings. The number of thioether (sulfide) groups is 1. The van der Waals surface area contributed by atoms with Gasteiger partial charge in [-0.15, -0.1) is 11.8 Å². The topological polar surface area (TPSA) is 86.2 Å². The predicted molar refractivity (Wildman–Crippen MR) is 87.7 cm³/mol. The number of hydrogen-bond donors (Lipinski definition) is 2. The van der Waals surface area contributed by atoms with E-state index >= 15 is 0 Å². The Morgan fingerprint density at radius 3 is 2.24 bits per heavy atom. The molecule has 1 aromatic carbocycles. The summed E-state index contributed by atoms with van der Waals surface area (Å²) >= 11 is 1.30. The van der Waals surface area contributed by atoms with Gasteiger partial charge in [-0.05, 0) is 18.4 Å². The van der Waals surface area contributed by atoms with Crippen molar-refractivity contribution in [2.75, 3.05) is 0 Å². The number of hydrogen-bond acceptors (Lipinski definition) is 3. The lowest BCUT2D eigenvalue weighted by atomic mass is 9.95. The summed E-state index contributed by atoms with van der Waals surface area (Å²) in [6.07, 6.45) is 3.06. The number of amides is 2. The lowest BCUT2D eigenvalue weighted by Gasteiger charge is -2.32. The molecule has 0 aliphatic rings. The zero-order valence-electron chi connectivity index (χ0n) is 12.7. The normalized spacial score (nSPS) is 15.1. The lowest BCUT2D eigenvalue weighted by Crippen LogP contribution is -2.41. The monoisotopic (exact) mass is 308 g/mol. The summed E-state index contributed by atoms with van der Waals surface area (Å²) in [5.41, 5.74) is 12.0. The van der Waals surface area contributed by atoms with Gasteiger partial charge in [0.05, 0.1) is 5.25 Å². The van der Waals surface area contributed by atoms with E-state index in [-0.39, 0.29) is 5.91 Å². The summed E-state index contributed by atoms with van der Waals surface area (Å²) in [6.45, 7) is 3.96. The third kappa shape index (κ3) is 4.24. The second kappa shape index (κ2) is 8.08. The van der Waals surface area contributed by atoms with Crippen molar-refractivity contribution >= 4 is 23.6 Å². The fourth-order valence-corrected chi connectivity index (χ4v) is 3.77. The van der Waals surface area contributed by atoms with Crippen molar-refractivity contribution in [2.24, 2.45) is 11.5 Å². The molecule has 1 aromatic rings. The van der Waals surface area contributed by atoms with E-state index in [0.717, 1.165) is 18.4 Å². The number of nitrogens with two attached hydrogens (primary N) is 2. The van der Waals surface area contributed by atoms with Crippen LogP contribution >= 0.6 is 11.8 Å². The highest BCUT2D eigenvalue weighted by atomic mass is 32.2. The molecule has 0 saturated carbocycles. The Kier molecular flexibility index (Phi) is 6.75. The van der Waals surface area contributed by atoms with Gasteiger partial charge in [0.2, 0.25) is 11.8 Å². The zero-order valence-corrected chi connectivity index (χ0v) is 13.5. The Hall–Kier alpha value is -1.49. The van der Waals surface area contributed by atoms with Crippen molar-refractivity contribution in [3.05, 3.63) is 35.9 Å². The standard InChI is InChI=1S/C16H24N2O2S/c1-3-5-11-13(14(17)19)21-16(4-2,15(18)20)12-9-7-6-8-10-12/h6-10,13H,3-5,11H2,1-2H3,(H2,17,19)(H2,18,20)/t13-,16+/m1/s1. The van der Waals surface area contributed by atoms with E-state index in [9.17, 15) is 9.59 Å². The number of carbonyl (C=O) groups is 2. The van der Waals surface area contributed by atoms with Gasteiger partial charge in [-0.3, -0.25) is 9.59 Å². The molecule has 0 aliphatic heterocycles. The molecule has 2 amide bonds. The van der Waals surface area contributed by atoms with Gasteiger partial charge in [-0.2, -0.15) is 0 Å². The Morgan fingerprint density at radius 2 is 1.81 bits per heavy atom. The van der Waals surface area contributed by atoms with Gasteiger partial charge in [0.25, 0.3) is 0 Å². The number of rotatable bonds is 9. The van der Waals surface area contributed by atoms with Crippen LogP contribution in [-0.4, -0.2) is 17.1 Å². The van der Waals surface area contributed by atoms with Crippen molar-refractivity contribution in [3.63, 3.8) is 0 Å². The smallest absolute Gasteiger partial charge is 0.238 e. The minimum atomic E-state index is -0.908. The zero-order chi connectivity index (χ0) is 15.9. The van der Waals surface area contributed by atoms with Crippen LogP contribution in [0.2, 0.25) is 0 Å². The molecule has 0 aromatic heterocycles. The molecule has 0 bridgehead atoms. The number of carbonyl (C=O) groups excluding carboxylic acids is 2.